The molecule has 0 heterocycles. The van der Waals surface area contributed by atoms with Crippen LogP contribution in [0.5, 0.6) is 0 Å². The van der Waals surface area contributed by atoms with Gasteiger partial charge in [0.15, 0.2) is 5.78 Å². The topological polar surface area (TPSA) is 63.6 Å². The quantitative estimate of drug-likeness (QED) is 0.462. The van der Waals surface area contributed by atoms with Crippen LogP contribution in [-0.2, 0) is 14.3 Å². The highest BCUT2D eigenvalue weighted by Gasteiger charge is 2.40. The van der Waals surface area contributed by atoms with Crippen LogP contribution in [0.1, 0.15) is 20.3 Å². The summed E-state index contributed by atoms with van der Waals surface area (Å²) in [6, 6.07) is 0. The first kappa shape index (κ1) is 10.1. The fraction of sp³-hybridized carbons (Fsp3) is 0.714. The molecule has 0 saturated carbocycles. The van der Waals surface area contributed by atoms with E-state index in [-0.39, 0.29) is 6.42 Å². The first-order valence-electron chi connectivity index (χ1n) is 3.30. The summed E-state index contributed by atoms with van der Waals surface area (Å²) < 4.78 is 4.26. The molecule has 0 aliphatic heterocycles. The van der Waals surface area contributed by atoms with Crippen molar-refractivity contribution in [2.24, 2.45) is 0 Å². The number of ketones is 1. The monoisotopic (exact) mass is 160 g/mol. The van der Waals surface area contributed by atoms with Crippen molar-refractivity contribution < 1.29 is 19.4 Å². The Bertz CT molecular complexity index is 175. The smallest absolute Gasteiger partial charge is 0.345 e. The second-order valence-corrected chi connectivity index (χ2v) is 2.26. The molecule has 0 amide bonds. The normalized spacial score (nSPS) is 15.3. The summed E-state index contributed by atoms with van der Waals surface area (Å²) in [5, 5.41) is 9.34. The fourth-order valence-corrected chi connectivity index (χ4v) is 0.706. The van der Waals surface area contributed by atoms with Crippen molar-refractivity contribution in [2.75, 3.05) is 7.11 Å². The molecule has 64 valence electrons. The van der Waals surface area contributed by atoms with Crippen molar-refractivity contribution in [3.8, 4) is 0 Å². The third kappa shape index (κ3) is 1.77. The molecule has 0 rings (SSSR count). The predicted octanol–water partition coefficient (Wildman–Crippen LogP) is -0.111. The fourth-order valence-electron chi connectivity index (χ4n) is 0.706. The number of hydrogen-bond donors (Lipinski definition) is 1. The van der Waals surface area contributed by atoms with Gasteiger partial charge in [-0.25, -0.2) is 4.79 Å². The molecule has 1 N–H and O–H groups in total. The van der Waals surface area contributed by atoms with Gasteiger partial charge in [-0.05, 0) is 13.3 Å². The van der Waals surface area contributed by atoms with Crippen molar-refractivity contribution >= 4 is 11.8 Å². The first-order chi connectivity index (χ1) is 4.99. The second-order valence-electron chi connectivity index (χ2n) is 2.26. The van der Waals surface area contributed by atoms with E-state index in [2.05, 4.69) is 4.74 Å². The Morgan fingerprint density at radius 2 is 2.00 bits per heavy atom. The molecule has 4 heteroatoms. The third-order valence-electron chi connectivity index (χ3n) is 1.62. The average Bonchev–Trinajstić information content (AvgIpc) is 2.01. The lowest BCUT2D eigenvalue weighted by atomic mass is 9.97. The van der Waals surface area contributed by atoms with Crippen LogP contribution >= 0.6 is 0 Å². The highest BCUT2D eigenvalue weighted by Crippen LogP contribution is 2.12. The highest BCUT2D eigenvalue weighted by molar-refractivity contribution is 6.05. The molecule has 0 fully saturated rings. The van der Waals surface area contributed by atoms with Gasteiger partial charge in [0.25, 0.3) is 0 Å². The largest absolute Gasteiger partial charge is 0.467 e. The minimum Gasteiger partial charge on any atom is -0.467 e. The van der Waals surface area contributed by atoms with Gasteiger partial charge >= 0.3 is 5.97 Å². The SMILES string of the molecule is CC[C@](O)(C(C)=O)C(=O)OC. The van der Waals surface area contributed by atoms with Crippen LogP contribution in [-0.4, -0.2) is 29.6 Å². The maximum atomic E-state index is 10.8. The second kappa shape index (κ2) is 3.48. The molecule has 0 aliphatic carbocycles. The van der Waals surface area contributed by atoms with Crippen molar-refractivity contribution in [1.82, 2.24) is 0 Å². The van der Waals surface area contributed by atoms with E-state index < -0.39 is 17.4 Å². The lowest BCUT2D eigenvalue weighted by Gasteiger charge is -2.19. The standard InChI is InChI=1S/C7H12O4/c1-4-7(10,5(2)8)6(9)11-3/h10H,4H2,1-3H3/t7-/m0/s1. The van der Waals surface area contributed by atoms with E-state index in [1.165, 1.54) is 0 Å². The van der Waals surface area contributed by atoms with Gasteiger partial charge in [-0.2, -0.15) is 0 Å². The van der Waals surface area contributed by atoms with Gasteiger partial charge in [0.05, 0.1) is 7.11 Å². The lowest BCUT2D eigenvalue weighted by Crippen LogP contribution is -2.45. The maximum Gasteiger partial charge on any atom is 0.345 e. The Balaban J connectivity index is 4.59. The van der Waals surface area contributed by atoms with Gasteiger partial charge in [-0.1, -0.05) is 6.92 Å². The molecular weight excluding hydrogens is 148 g/mol. The Morgan fingerprint density at radius 1 is 1.55 bits per heavy atom. The summed E-state index contributed by atoms with van der Waals surface area (Å²) >= 11 is 0. The summed E-state index contributed by atoms with van der Waals surface area (Å²) in [7, 11) is 1.13. The zero-order chi connectivity index (χ0) is 9.07. The Hall–Kier alpha value is -0.900. The number of ether oxygens (including phenoxy) is 1. The van der Waals surface area contributed by atoms with Gasteiger partial charge in [0.2, 0.25) is 5.60 Å². The summed E-state index contributed by atoms with van der Waals surface area (Å²) in [4.78, 5) is 21.6. The van der Waals surface area contributed by atoms with Crippen molar-refractivity contribution in [1.29, 1.82) is 0 Å². The molecule has 1 atom stereocenters. The number of carbonyl (C=O) groups is 2. The predicted molar refractivity (Wildman–Crippen MR) is 37.9 cm³/mol. The van der Waals surface area contributed by atoms with Gasteiger partial charge in [0, 0.05) is 0 Å². The Morgan fingerprint density at radius 3 is 2.09 bits per heavy atom. The van der Waals surface area contributed by atoms with Gasteiger partial charge in [0.1, 0.15) is 0 Å². The Labute approximate surface area is 65.2 Å². The minimum atomic E-state index is -1.95. The van der Waals surface area contributed by atoms with Crippen LogP contribution < -0.4 is 0 Å². The molecule has 0 unspecified atom stereocenters. The minimum absolute atomic E-state index is 0.0367. The van der Waals surface area contributed by atoms with Crippen molar-refractivity contribution in [3.63, 3.8) is 0 Å². The summed E-state index contributed by atoms with van der Waals surface area (Å²) in [5.41, 5.74) is -1.95. The molecule has 4 nitrogen and oxygen atoms in total. The molecule has 0 saturated heterocycles. The van der Waals surface area contributed by atoms with Crippen LogP contribution in [0.3, 0.4) is 0 Å². The summed E-state index contributed by atoms with van der Waals surface area (Å²) in [6.07, 6.45) is 0.0367. The number of methoxy groups -OCH3 is 1. The number of carbonyl (C=O) groups excluding carboxylic acids is 2. The van der Waals surface area contributed by atoms with E-state index in [1.54, 1.807) is 6.92 Å². The van der Waals surface area contributed by atoms with Crippen LogP contribution in [0.2, 0.25) is 0 Å². The van der Waals surface area contributed by atoms with E-state index in [0.29, 0.717) is 0 Å². The Kier molecular flexibility index (Phi) is 3.19. The summed E-state index contributed by atoms with van der Waals surface area (Å²) in [5.74, 6) is -1.49. The molecule has 0 aromatic carbocycles. The van der Waals surface area contributed by atoms with Crippen LogP contribution in [0.4, 0.5) is 0 Å². The number of hydrogen-bond acceptors (Lipinski definition) is 4. The summed E-state index contributed by atoms with van der Waals surface area (Å²) in [6.45, 7) is 2.69. The number of aliphatic hydroxyl groups is 1. The van der Waals surface area contributed by atoms with E-state index >= 15 is 0 Å². The molecule has 0 aliphatic rings. The maximum absolute atomic E-state index is 10.8. The van der Waals surface area contributed by atoms with Gasteiger partial charge in [-0.15, -0.1) is 0 Å². The van der Waals surface area contributed by atoms with Gasteiger partial charge < -0.3 is 9.84 Å². The van der Waals surface area contributed by atoms with E-state index in [0.717, 1.165) is 14.0 Å². The lowest BCUT2D eigenvalue weighted by molar-refractivity contribution is -0.167. The molecule has 0 bridgehead atoms. The molecule has 0 radical (unpaired) electrons. The molecular formula is C7H12O4. The van der Waals surface area contributed by atoms with Crippen LogP contribution in [0.25, 0.3) is 0 Å². The van der Waals surface area contributed by atoms with E-state index in [1.807, 2.05) is 0 Å². The van der Waals surface area contributed by atoms with Crippen LogP contribution in [0.15, 0.2) is 0 Å². The average molecular weight is 160 g/mol. The highest BCUT2D eigenvalue weighted by atomic mass is 16.5. The molecule has 0 aromatic heterocycles. The van der Waals surface area contributed by atoms with Gasteiger partial charge in [-0.3, -0.25) is 4.79 Å². The third-order valence-corrected chi connectivity index (χ3v) is 1.62. The zero-order valence-corrected chi connectivity index (χ0v) is 6.88. The molecule has 11 heavy (non-hydrogen) atoms. The van der Waals surface area contributed by atoms with Crippen molar-refractivity contribution in [3.05, 3.63) is 0 Å². The number of rotatable bonds is 3. The number of esters is 1. The first-order valence-corrected chi connectivity index (χ1v) is 3.30. The number of Topliss-reactive ketones (excluding diaryl/α,β-unsaturated/α-hetero) is 1. The van der Waals surface area contributed by atoms with E-state index in [9.17, 15) is 14.7 Å². The van der Waals surface area contributed by atoms with Crippen molar-refractivity contribution in [2.45, 2.75) is 25.9 Å². The zero-order valence-electron chi connectivity index (χ0n) is 6.88. The molecule has 0 spiro atoms. The van der Waals surface area contributed by atoms with Crippen LogP contribution in [0, 0.1) is 0 Å². The molecule has 0 aromatic rings. The van der Waals surface area contributed by atoms with E-state index in [4.69, 9.17) is 0 Å².